The van der Waals surface area contributed by atoms with Crippen LogP contribution in [0, 0.1) is 5.41 Å². The molecule has 0 aromatic carbocycles. The maximum Gasteiger partial charge on any atom is 0.220 e. The van der Waals surface area contributed by atoms with Crippen molar-refractivity contribution >= 4 is 5.91 Å². The van der Waals surface area contributed by atoms with Gasteiger partial charge in [-0.15, -0.1) is 5.10 Å². The molecular weight excluding hydrogens is 320 g/mol. The monoisotopic (exact) mass is 350 g/mol. The first-order chi connectivity index (χ1) is 12.3. The van der Waals surface area contributed by atoms with Crippen LogP contribution < -0.4 is 5.32 Å². The summed E-state index contributed by atoms with van der Waals surface area (Å²) in [5.41, 5.74) is 0.00191. The number of nitrogens with one attached hydrogen (secondary N) is 1. The van der Waals surface area contributed by atoms with Gasteiger partial charge in [0.05, 0.1) is 19.8 Å². The molecule has 0 bridgehead atoms. The highest BCUT2D eigenvalue weighted by Gasteiger charge is 2.35. The first-order valence-corrected chi connectivity index (χ1v) is 9.53. The van der Waals surface area contributed by atoms with Gasteiger partial charge in [0.15, 0.2) is 0 Å². The lowest BCUT2D eigenvalue weighted by Crippen LogP contribution is -2.39. The number of hydrogen-bond acceptors (Lipinski definition) is 6. The van der Waals surface area contributed by atoms with Crippen LogP contribution >= 0.6 is 0 Å². The quantitative estimate of drug-likeness (QED) is 0.700. The molecule has 2 aliphatic rings. The summed E-state index contributed by atoms with van der Waals surface area (Å²) in [6.07, 6.45) is 9.01. The van der Waals surface area contributed by atoms with Crippen LogP contribution in [0.1, 0.15) is 44.9 Å². The number of morpholine rings is 1. The molecule has 25 heavy (non-hydrogen) atoms. The van der Waals surface area contributed by atoms with Crippen molar-refractivity contribution in [2.45, 2.75) is 51.5 Å². The summed E-state index contributed by atoms with van der Waals surface area (Å²) in [5.74, 6) is 0.164. The van der Waals surface area contributed by atoms with E-state index in [1.54, 1.807) is 11.0 Å². The molecule has 8 nitrogen and oxygen atoms in total. The SMILES string of the molecule is O=C(CC1(Cn2cnnn2)CCCCC1)NCCCN1CCOCC1. The second-order valence-corrected chi connectivity index (χ2v) is 7.40. The second kappa shape index (κ2) is 9.24. The van der Waals surface area contributed by atoms with Crippen molar-refractivity contribution in [3.8, 4) is 0 Å². The summed E-state index contributed by atoms with van der Waals surface area (Å²) in [6, 6.07) is 0. The molecule has 140 valence electrons. The van der Waals surface area contributed by atoms with E-state index in [1.165, 1.54) is 19.3 Å². The van der Waals surface area contributed by atoms with E-state index in [2.05, 4.69) is 25.7 Å². The van der Waals surface area contributed by atoms with Gasteiger partial charge in [-0.05, 0) is 41.6 Å². The minimum absolute atomic E-state index is 0.00191. The Hall–Kier alpha value is -1.54. The minimum Gasteiger partial charge on any atom is -0.379 e. The molecule has 1 N–H and O–H groups in total. The number of rotatable bonds is 8. The average molecular weight is 350 g/mol. The van der Waals surface area contributed by atoms with Gasteiger partial charge in [0.2, 0.25) is 5.91 Å². The van der Waals surface area contributed by atoms with Crippen molar-refractivity contribution < 1.29 is 9.53 Å². The van der Waals surface area contributed by atoms with Gasteiger partial charge in [-0.3, -0.25) is 9.69 Å². The van der Waals surface area contributed by atoms with Crippen LogP contribution in [0.25, 0.3) is 0 Å². The fourth-order valence-electron chi connectivity index (χ4n) is 4.05. The highest BCUT2D eigenvalue weighted by atomic mass is 16.5. The summed E-state index contributed by atoms with van der Waals surface area (Å²) in [6.45, 7) is 6.17. The van der Waals surface area contributed by atoms with Crippen molar-refractivity contribution in [3.63, 3.8) is 0 Å². The Kier molecular flexibility index (Phi) is 6.75. The van der Waals surface area contributed by atoms with Gasteiger partial charge in [0.25, 0.3) is 0 Å². The van der Waals surface area contributed by atoms with Crippen molar-refractivity contribution in [2.24, 2.45) is 5.41 Å². The molecule has 0 atom stereocenters. The van der Waals surface area contributed by atoms with E-state index in [0.29, 0.717) is 6.42 Å². The number of carbonyl (C=O) groups excluding carboxylic acids is 1. The average Bonchev–Trinajstić information content (AvgIpc) is 3.13. The number of amides is 1. The molecule has 0 spiro atoms. The van der Waals surface area contributed by atoms with E-state index in [9.17, 15) is 4.79 Å². The number of carbonyl (C=O) groups is 1. The fraction of sp³-hybridized carbons (Fsp3) is 0.882. The van der Waals surface area contributed by atoms with Gasteiger partial charge < -0.3 is 10.1 Å². The lowest BCUT2D eigenvalue weighted by molar-refractivity contribution is -0.124. The third-order valence-corrected chi connectivity index (χ3v) is 5.42. The molecule has 1 aromatic rings. The van der Waals surface area contributed by atoms with Crippen molar-refractivity contribution in [1.82, 2.24) is 30.4 Å². The zero-order chi connectivity index (χ0) is 17.4. The first kappa shape index (κ1) is 18.3. The predicted octanol–water partition coefficient (Wildman–Crippen LogP) is 0.852. The molecule has 2 heterocycles. The third kappa shape index (κ3) is 5.74. The van der Waals surface area contributed by atoms with Gasteiger partial charge >= 0.3 is 0 Å². The van der Waals surface area contributed by atoms with Gasteiger partial charge in [-0.2, -0.15) is 0 Å². The minimum atomic E-state index is 0.00191. The smallest absolute Gasteiger partial charge is 0.220 e. The van der Waals surface area contributed by atoms with E-state index in [4.69, 9.17) is 4.74 Å². The van der Waals surface area contributed by atoms with Crippen molar-refractivity contribution in [1.29, 1.82) is 0 Å². The van der Waals surface area contributed by atoms with E-state index >= 15 is 0 Å². The molecule has 1 aromatic heterocycles. The second-order valence-electron chi connectivity index (χ2n) is 7.40. The molecule has 1 saturated carbocycles. The Morgan fingerprint density at radius 1 is 1.20 bits per heavy atom. The predicted molar refractivity (Wildman–Crippen MR) is 92.8 cm³/mol. The number of hydrogen-bond donors (Lipinski definition) is 1. The number of nitrogens with zero attached hydrogens (tertiary/aromatic N) is 5. The van der Waals surface area contributed by atoms with E-state index in [0.717, 1.165) is 65.2 Å². The van der Waals surface area contributed by atoms with Crippen LogP contribution in [-0.2, 0) is 16.1 Å². The first-order valence-electron chi connectivity index (χ1n) is 9.53. The highest BCUT2D eigenvalue weighted by molar-refractivity contribution is 5.76. The Bertz CT molecular complexity index is 509. The zero-order valence-corrected chi connectivity index (χ0v) is 15.0. The van der Waals surface area contributed by atoms with Gasteiger partial charge in [0.1, 0.15) is 6.33 Å². The molecule has 0 unspecified atom stereocenters. The highest BCUT2D eigenvalue weighted by Crippen LogP contribution is 2.40. The summed E-state index contributed by atoms with van der Waals surface area (Å²) < 4.78 is 7.13. The van der Waals surface area contributed by atoms with Gasteiger partial charge in [0, 0.05) is 26.1 Å². The Morgan fingerprint density at radius 2 is 2.00 bits per heavy atom. The topological polar surface area (TPSA) is 85.2 Å². The molecule has 3 rings (SSSR count). The number of tetrazole rings is 1. The summed E-state index contributed by atoms with van der Waals surface area (Å²) >= 11 is 0. The summed E-state index contributed by atoms with van der Waals surface area (Å²) in [5, 5.41) is 14.6. The van der Waals surface area contributed by atoms with Crippen molar-refractivity contribution in [3.05, 3.63) is 6.33 Å². The van der Waals surface area contributed by atoms with Crippen LogP contribution in [0.3, 0.4) is 0 Å². The molecule has 2 fully saturated rings. The molecule has 0 radical (unpaired) electrons. The molecule has 1 aliphatic carbocycles. The number of aromatic nitrogens is 4. The largest absolute Gasteiger partial charge is 0.379 e. The summed E-state index contributed by atoms with van der Waals surface area (Å²) in [4.78, 5) is 14.9. The Labute approximate surface area is 149 Å². The molecule has 1 saturated heterocycles. The maximum absolute atomic E-state index is 12.5. The van der Waals surface area contributed by atoms with Crippen LogP contribution in [0.4, 0.5) is 0 Å². The van der Waals surface area contributed by atoms with Crippen LogP contribution in [0.15, 0.2) is 6.33 Å². The normalized spacial score (nSPS) is 21.1. The Balaban J connectivity index is 1.42. The zero-order valence-electron chi connectivity index (χ0n) is 15.0. The molecular formula is C17H30N6O2. The number of ether oxygens (including phenoxy) is 1. The van der Waals surface area contributed by atoms with Crippen LogP contribution in [-0.4, -0.2) is 70.4 Å². The van der Waals surface area contributed by atoms with Crippen LogP contribution in [0.2, 0.25) is 0 Å². The fourth-order valence-corrected chi connectivity index (χ4v) is 4.05. The third-order valence-electron chi connectivity index (χ3n) is 5.42. The Morgan fingerprint density at radius 3 is 2.72 bits per heavy atom. The lowest BCUT2D eigenvalue weighted by atomic mass is 9.71. The maximum atomic E-state index is 12.5. The lowest BCUT2D eigenvalue weighted by Gasteiger charge is -2.36. The van der Waals surface area contributed by atoms with Gasteiger partial charge in [-0.25, -0.2) is 4.68 Å². The van der Waals surface area contributed by atoms with Crippen molar-refractivity contribution in [2.75, 3.05) is 39.4 Å². The van der Waals surface area contributed by atoms with E-state index < -0.39 is 0 Å². The van der Waals surface area contributed by atoms with E-state index in [1.807, 2.05) is 0 Å². The van der Waals surface area contributed by atoms with Crippen LogP contribution in [0.5, 0.6) is 0 Å². The van der Waals surface area contributed by atoms with E-state index in [-0.39, 0.29) is 11.3 Å². The molecule has 1 aliphatic heterocycles. The molecule has 8 heteroatoms. The standard InChI is InChI=1S/C17H30N6O2/c24-16(18-7-4-8-22-9-11-25-12-10-22)13-17(5-2-1-3-6-17)14-23-15-19-20-21-23/h15H,1-14H2,(H,18,24). The summed E-state index contributed by atoms with van der Waals surface area (Å²) in [7, 11) is 0. The van der Waals surface area contributed by atoms with Gasteiger partial charge in [-0.1, -0.05) is 19.3 Å². The molecule has 1 amide bonds.